The van der Waals surface area contributed by atoms with Gasteiger partial charge >= 0.3 is 0 Å². The Hall–Kier alpha value is -2.20. The number of hydrogen-bond donors (Lipinski definition) is 2. The van der Waals surface area contributed by atoms with Gasteiger partial charge in [-0.05, 0) is 36.6 Å². The van der Waals surface area contributed by atoms with E-state index in [1.54, 1.807) is 19.2 Å². The molecule has 1 unspecified atom stereocenters. The third-order valence-corrected chi connectivity index (χ3v) is 3.62. The maximum Gasteiger partial charge on any atom is 0.142 e. The van der Waals surface area contributed by atoms with Gasteiger partial charge in [-0.2, -0.15) is 0 Å². The molecule has 110 valence electrons. The first-order valence-electron chi connectivity index (χ1n) is 7.06. The molecular weight excluding hydrogens is 266 g/mol. The first-order chi connectivity index (χ1) is 10.2. The van der Waals surface area contributed by atoms with Gasteiger partial charge in [0, 0.05) is 5.56 Å². The van der Waals surface area contributed by atoms with Crippen molar-refractivity contribution in [3.05, 3.63) is 53.6 Å². The Labute approximate surface area is 124 Å². The lowest BCUT2D eigenvalue weighted by Crippen LogP contribution is -2.06. The smallest absolute Gasteiger partial charge is 0.142 e. The summed E-state index contributed by atoms with van der Waals surface area (Å²) in [6, 6.07) is 12.9. The highest BCUT2D eigenvalue weighted by atomic mass is 16.5. The summed E-state index contributed by atoms with van der Waals surface area (Å²) in [5.74, 6) is 1.35. The molecule has 2 aromatic carbocycles. The predicted octanol–water partition coefficient (Wildman–Crippen LogP) is 2.90. The summed E-state index contributed by atoms with van der Waals surface area (Å²) in [4.78, 5) is 0. The molecule has 0 aliphatic heterocycles. The molecule has 0 saturated heterocycles. The van der Waals surface area contributed by atoms with Crippen molar-refractivity contribution in [1.82, 2.24) is 0 Å². The Balaban J connectivity index is 1.88. The average Bonchev–Trinajstić information content (AvgIpc) is 3.31. The number of nitrogens with two attached hydrogens (primary N) is 1. The molecule has 0 heterocycles. The van der Waals surface area contributed by atoms with Crippen molar-refractivity contribution < 1.29 is 14.6 Å². The molecule has 1 atom stereocenters. The summed E-state index contributed by atoms with van der Waals surface area (Å²) >= 11 is 0. The van der Waals surface area contributed by atoms with Crippen LogP contribution in [0.3, 0.4) is 0 Å². The van der Waals surface area contributed by atoms with Crippen LogP contribution in [0.1, 0.15) is 30.1 Å². The number of anilines is 1. The van der Waals surface area contributed by atoms with E-state index in [1.165, 1.54) is 0 Å². The third-order valence-electron chi connectivity index (χ3n) is 3.62. The molecular formula is C17H19NO3. The summed E-state index contributed by atoms with van der Waals surface area (Å²) in [5.41, 5.74) is 7.90. The minimum Gasteiger partial charge on any atom is -0.495 e. The first-order valence-corrected chi connectivity index (χ1v) is 7.06. The number of hydrogen-bond acceptors (Lipinski definition) is 4. The van der Waals surface area contributed by atoms with E-state index in [0.29, 0.717) is 23.1 Å². The van der Waals surface area contributed by atoms with E-state index in [4.69, 9.17) is 15.2 Å². The number of nitrogen functional groups attached to an aromatic ring is 1. The van der Waals surface area contributed by atoms with Gasteiger partial charge in [-0.25, -0.2) is 0 Å². The molecule has 0 amide bonds. The fraction of sp³-hybridized carbons (Fsp3) is 0.294. The molecule has 21 heavy (non-hydrogen) atoms. The number of ether oxygens (including phenoxy) is 2. The fourth-order valence-corrected chi connectivity index (χ4v) is 2.29. The molecule has 3 N–H and O–H groups in total. The van der Waals surface area contributed by atoms with E-state index in [-0.39, 0.29) is 0 Å². The van der Waals surface area contributed by atoms with Crippen LogP contribution in [0.4, 0.5) is 5.69 Å². The summed E-state index contributed by atoms with van der Waals surface area (Å²) in [6.07, 6.45) is 1.74. The van der Waals surface area contributed by atoms with Crippen molar-refractivity contribution >= 4 is 5.69 Å². The lowest BCUT2D eigenvalue weighted by molar-refractivity contribution is 0.219. The molecule has 1 aliphatic carbocycles. The second-order valence-electron chi connectivity index (χ2n) is 5.26. The van der Waals surface area contributed by atoms with Crippen molar-refractivity contribution in [2.45, 2.75) is 25.0 Å². The highest BCUT2D eigenvalue weighted by Gasteiger charge is 2.24. The monoisotopic (exact) mass is 285 g/mol. The van der Waals surface area contributed by atoms with Gasteiger partial charge in [0.15, 0.2) is 0 Å². The Bertz CT molecular complexity index is 638. The van der Waals surface area contributed by atoms with E-state index < -0.39 is 6.10 Å². The van der Waals surface area contributed by atoms with Gasteiger partial charge in [0.2, 0.25) is 0 Å². The molecule has 4 heteroatoms. The van der Waals surface area contributed by atoms with E-state index in [9.17, 15) is 5.11 Å². The van der Waals surface area contributed by atoms with Gasteiger partial charge in [0.25, 0.3) is 0 Å². The van der Waals surface area contributed by atoms with Gasteiger partial charge in [-0.15, -0.1) is 0 Å². The van der Waals surface area contributed by atoms with E-state index in [2.05, 4.69) is 0 Å². The number of para-hydroxylation sites is 1. The van der Waals surface area contributed by atoms with Gasteiger partial charge in [-0.1, -0.05) is 24.3 Å². The molecule has 3 rings (SSSR count). The van der Waals surface area contributed by atoms with Crippen molar-refractivity contribution in [2.24, 2.45) is 0 Å². The predicted molar refractivity (Wildman–Crippen MR) is 81.6 cm³/mol. The topological polar surface area (TPSA) is 64.7 Å². The highest BCUT2D eigenvalue weighted by molar-refractivity contribution is 5.60. The quantitative estimate of drug-likeness (QED) is 0.829. The third kappa shape index (κ3) is 2.95. The van der Waals surface area contributed by atoms with Crippen LogP contribution in [-0.2, 0) is 0 Å². The standard InChI is InChI=1S/C17H19NO3/c1-20-15-7-3-6-14(16(15)18)17(19)11-4-2-5-13(10-11)21-12-8-9-12/h2-7,10,12,17,19H,8-9,18H2,1H3. The zero-order valence-electron chi connectivity index (χ0n) is 12.0. The Morgan fingerprint density at radius 1 is 1.19 bits per heavy atom. The van der Waals surface area contributed by atoms with E-state index in [1.807, 2.05) is 30.3 Å². The summed E-state index contributed by atoms with van der Waals surface area (Å²) in [6.45, 7) is 0. The van der Waals surface area contributed by atoms with E-state index in [0.717, 1.165) is 24.2 Å². The van der Waals surface area contributed by atoms with Crippen LogP contribution in [-0.4, -0.2) is 18.3 Å². The summed E-state index contributed by atoms with van der Waals surface area (Å²) < 4.78 is 11.0. The highest BCUT2D eigenvalue weighted by Crippen LogP contribution is 2.34. The largest absolute Gasteiger partial charge is 0.495 e. The lowest BCUT2D eigenvalue weighted by atomic mass is 9.99. The first kappa shape index (κ1) is 13.8. The number of aliphatic hydroxyl groups is 1. The number of methoxy groups -OCH3 is 1. The van der Waals surface area contributed by atoms with Crippen molar-refractivity contribution in [3.63, 3.8) is 0 Å². The zero-order chi connectivity index (χ0) is 14.8. The minimum atomic E-state index is -0.803. The van der Waals surface area contributed by atoms with Gasteiger partial charge in [-0.3, -0.25) is 0 Å². The Morgan fingerprint density at radius 2 is 1.95 bits per heavy atom. The number of benzene rings is 2. The summed E-state index contributed by atoms with van der Waals surface area (Å²) in [7, 11) is 1.56. The Morgan fingerprint density at radius 3 is 2.67 bits per heavy atom. The lowest BCUT2D eigenvalue weighted by Gasteiger charge is -2.16. The molecule has 0 spiro atoms. The Kier molecular flexibility index (Phi) is 3.71. The second-order valence-corrected chi connectivity index (χ2v) is 5.26. The summed E-state index contributed by atoms with van der Waals surface area (Å²) in [5, 5.41) is 10.6. The second kappa shape index (κ2) is 5.66. The van der Waals surface area contributed by atoms with Crippen LogP contribution >= 0.6 is 0 Å². The van der Waals surface area contributed by atoms with Crippen LogP contribution in [0.5, 0.6) is 11.5 Å². The van der Waals surface area contributed by atoms with Crippen LogP contribution < -0.4 is 15.2 Å². The normalized spacial score (nSPS) is 15.5. The maximum atomic E-state index is 10.6. The zero-order valence-corrected chi connectivity index (χ0v) is 12.0. The van der Waals surface area contributed by atoms with Crippen molar-refractivity contribution in [2.75, 3.05) is 12.8 Å². The minimum absolute atomic E-state index is 0.333. The van der Waals surface area contributed by atoms with Crippen molar-refractivity contribution in [1.29, 1.82) is 0 Å². The molecule has 4 nitrogen and oxygen atoms in total. The fourth-order valence-electron chi connectivity index (χ4n) is 2.29. The molecule has 1 fully saturated rings. The van der Waals surface area contributed by atoms with Crippen LogP contribution in [0.25, 0.3) is 0 Å². The van der Waals surface area contributed by atoms with Gasteiger partial charge in [0.05, 0.1) is 18.9 Å². The molecule has 0 radical (unpaired) electrons. The van der Waals surface area contributed by atoms with Crippen LogP contribution in [0.15, 0.2) is 42.5 Å². The number of rotatable bonds is 5. The van der Waals surface area contributed by atoms with Gasteiger partial charge in [0.1, 0.15) is 17.6 Å². The average molecular weight is 285 g/mol. The molecule has 2 aromatic rings. The van der Waals surface area contributed by atoms with Gasteiger partial charge < -0.3 is 20.3 Å². The molecule has 1 aliphatic rings. The molecule has 0 bridgehead atoms. The van der Waals surface area contributed by atoms with Crippen LogP contribution in [0, 0.1) is 0 Å². The van der Waals surface area contributed by atoms with E-state index >= 15 is 0 Å². The molecule has 1 saturated carbocycles. The SMILES string of the molecule is COc1cccc(C(O)c2cccc(OC3CC3)c2)c1N. The number of aliphatic hydroxyl groups excluding tert-OH is 1. The van der Waals surface area contributed by atoms with Crippen LogP contribution in [0.2, 0.25) is 0 Å². The van der Waals surface area contributed by atoms with Crippen molar-refractivity contribution in [3.8, 4) is 11.5 Å². The molecule has 0 aromatic heterocycles. The maximum absolute atomic E-state index is 10.6.